The van der Waals surface area contributed by atoms with E-state index in [1.165, 1.54) is 24.3 Å². The van der Waals surface area contributed by atoms with Gasteiger partial charge in [-0.05, 0) is 47.9 Å². The topological polar surface area (TPSA) is 39.2 Å². The SMILES string of the molecule is CC(F)(F)/C(=C/C(=O)C[C@@](Cc1ccccc1)(c1cc(F)cc(OC(F)(F)C(F)F)c1)c1ccc(Cl)cn1)C(F)(F)F. The molecule has 1 atom stereocenters. The molecular weight excluding hydrogens is 608 g/mol. The first kappa shape index (κ1) is 32.9. The number of hydrogen-bond acceptors (Lipinski definition) is 3. The third-order valence-electron chi connectivity index (χ3n) is 6.06. The van der Waals surface area contributed by atoms with E-state index in [9.17, 15) is 48.7 Å². The zero-order chi connectivity index (χ0) is 31.5. The lowest BCUT2D eigenvalue weighted by atomic mass is 9.69. The van der Waals surface area contributed by atoms with E-state index in [-0.39, 0.29) is 30.1 Å². The Morgan fingerprint density at radius 3 is 2.14 bits per heavy atom. The number of rotatable bonds is 11. The van der Waals surface area contributed by atoms with Crippen LogP contribution in [0.25, 0.3) is 0 Å². The van der Waals surface area contributed by atoms with Crippen LogP contribution < -0.4 is 4.74 Å². The second-order valence-corrected chi connectivity index (χ2v) is 9.77. The Balaban J connectivity index is 2.32. The van der Waals surface area contributed by atoms with Crippen molar-refractivity contribution in [2.24, 2.45) is 0 Å². The second-order valence-electron chi connectivity index (χ2n) is 9.33. The van der Waals surface area contributed by atoms with Gasteiger partial charge in [0.1, 0.15) is 17.1 Å². The van der Waals surface area contributed by atoms with Crippen LogP contribution in [0.5, 0.6) is 5.75 Å². The van der Waals surface area contributed by atoms with Gasteiger partial charge in [0.2, 0.25) is 0 Å². The number of pyridine rings is 1. The Morgan fingerprint density at radius 2 is 1.62 bits per heavy atom. The van der Waals surface area contributed by atoms with Crippen molar-refractivity contribution in [3.8, 4) is 5.75 Å². The number of carbonyl (C=O) groups excluding carboxylic acids is 1. The van der Waals surface area contributed by atoms with Crippen LogP contribution in [-0.4, -0.2) is 35.4 Å². The van der Waals surface area contributed by atoms with Gasteiger partial charge in [-0.15, -0.1) is 0 Å². The van der Waals surface area contributed by atoms with Gasteiger partial charge in [0.05, 0.1) is 10.7 Å². The molecule has 3 rings (SSSR count). The van der Waals surface area contributed by atoms with Gasteiger partial charge in [-0.25, -0.2) is 13.2 Å². The Morgan fingerprint density at radius 1 is 0.976 bits per heavy atom. The molecule has 3 nitrogen and oxygen atoms in total. The summed E-state index contributed by atoms with van der Waals surface area (Å²) in [5.41, 5.74) is -4.71. The number of alkyl halides is 9. The monoisotopic (exact) mass is 627 g/mol. The van der Waals surface area contributed by atoms with Crippen molar-refractivity contribution in [3.63, 3.8) is 0 Å². The van der Waals surface area contributed by atoms with Crippen molar-refractivity contribution in [2.45, 2.75) is 49.8 Å². The first-order valence-corrected chi connectivity index (χ1v) is 12.2. The molecule has 0 fully saturated rings. The number of carbonyl (C=O) groups is 1. The van der Waals surface area contributed by atoms with E-state index >= 15 is 0 Å². The Labute approximate surface area is 237 Å². The van der Waals surface area contributed by atoms with E-state index in [1.54, 1.807) is 18.2 Å². The summed E-state index contributed by atoms with van der Waals surface area (Å²) >= 11 is 5.91. The molecule has 0 aliphatic carbocycles. The van der Waals surface area contributed by atoms with Crippen molar-refractivity contribution in [1.82, 2.24) is 4.98 Å². The Hall–Kier alpha value is -3.61. The molecular formula is C28H20ClF10NO2. The highest BCUT2D eigenvalue weighted by atomic mass is 35.5. The summed E-state index contributed by atoms with van der Waals surface area (Å²) in [5, 5.41) is 0.0587. The van der Waals surface area contributed by atoms with Crippen LogP contribution in [0.2, 0.25) is 5.02 Å². The molecule has 1 aromatic heterocycles. The summed E-state index contributed by atoms with van der Waals surface area (Å²) in [6.07, 6.45) is -15.7. The highest BCUT2D eigenvalue weighted by Crippen LogP contribution is 2.43. The van der Waals surface area contributed by atoms with Crippen molar-refractivity contribution < 1.29 is 53.4 Å². The molecule has 0 aliphatic rings. The van der Waals surface area contributed by atoms with Gasteiger partial charge >= 0.3 is 18.7 Å². The quantitative estimate of drug-likeness (QED) is 0.158. The van der Waals surface area contributed by atoms with Crippen LogP contribution in [0.1, 0.15) is 30.2 Å². The molecule has 0 radical (unpaired) electrons. The van der Waals surface area contributed by atoms with Gasteiger partial charge in [-0.1, -0.05) is 41.9 Å². The summed E-state index contributed by atoms with van der Waals surface area (Å²) in [6.45, 7) is -0.0586. The zero-order valence-electron chi connectivity index (χ0n) is 21.3. The average Bonchev–Trinajstić information content (AvgIpc) is 2.86. The number of hydrogen-bond donors (Lipinski definition) is 0. The molecule has 0 spiro atoms. The number of allylic oxidation sites excluding steroid dienone is 2. The summed E-state index contributed by atoms with van der Waals surface area (Å²) in [4.78, 5) is 17.3. The molecule has 0 saturated heterocycles. The average molecular weight is 628 g/mol. The highest BCUT2D eigenvalue weighted by molar-refractivity contribution is 6.30. The van der Waals surface area contributed by atoms with Gasteiger partial charge in [0.25, 0.3) is 5.92 Å². The molecule has 0 bridgehead atoms. The van der Waals surface area contributed by atoms with E-state index in [1.807, 2.05) is 0 Å². The van der Waals surface area contributed by atoms with Crippen LogP contribution in [0.15, 0.2) is 78.5 Å². The minimum absolute atomic E-state index is 0.0586. The maximum Gasteiger partial charge on any atom is 0.461 e. The van der Waals surface area contributed by atoms with Crippen LogP contribution >= 0.6 is 11.6 Å². The first-order valence-electron chi connectivity index (χ1n) is 11.9. The van der Waals surface area contributed by atoms with E-state index in [4.69, 9.17) is 11.6 Å². The number of ether oxygens (including phenoxy) is 1. The highest BCUT2D eigenvalue weighted by Gasteiger charge is 2.48. The maximum absolute atomic E-state index is 14.8. The number of ketones is 1. The predicted octanol–water partition coefficient (Wildman–Crippen LogP) is 8.74. The molecule has 0 unspecified atom stereocenters. The summed E-state index contributed by atoms with van der Waals surface area (Å²) < 4.78 is 140. The number of benzene rings is 2. The van der Waals surface area contributed by atoms with Crippen LogP contribution in [0, 0.1) is 5.82 Å². The van der Waals surface area contributed by atoms with Crippen molar-refractivity contribution in [3.05, 3.63) is 106 Å². The van der Waals surface area contributed by atoms with E-state index < -0.39 is 65.0 Å². The molecule has 1 heterocycles. The number of halogens is 11. The fourth-order valence-corrected chi connectivity index (χ4v) is 4.38. The second kappa shape index (κ2) is 12.3. The molecule has 42 heavy (non-hydrogen) atoms. The fourth-order valence-electron chi connectivity index (χ4n) is 4.27. The van der Waals surface area contributed by atoms with Crippen LogP contribution in [-0.2, 0) is 16.6 Å². The van der Waals surface area contributed by atoms with E-state index in [0.29, 0.717) is 23.8 Å². The van der Waals surface area contributed by atoms with E-state index in [2.05, 4.69) is 9.72 Å². The van der Waals surface area contributed by atoms with Gasteiger partial charge < -0.3 is 4.74 Å². The lowest BCUT2D eigenvalue weighted by Gasteiger charge is -2.34. The number of nitrogens with zero attached hydrogens (tertiary/aromatic N) is 1. The molecule has 226 valence electrons. The smallest absolute Gasteiger partial charge is 0.428 e. The van der Waals surface area contributed by atoms with Gasteiger partial charge in [-0.2, -0.15) is 30.7 Å². The van der Waals surface area contributed by atoms with Crippen molar-refractivity contribution in [1.29, 1.82) is 0 Å². The first-order chi connectivity index (χ1) is 19.3. The molecule has 0 aliphatic heterocycles. The third kappa shape index (κ3) is 8.02. The largest absolute Gasteiger partial charge is 0.461 e. The van der Waals surface area contributed by atoms with Crippen LogP contribution in [0.4, 0.5) is 43.9 Å². The van der Waals surface area contributed by atoms with Crippen molar-refractivity contribution in [2.75, 3.05) is 0 Å². The lowest BCUT2D eigenvalue weighted by molar-refractivity contribution is -0.253. The summed E-state index contributed by atoms with van der Waals surface area (Å²) in [7, 11) is 0. The van der Waals surface area contributed by atoms with Crippen molar-refractivity contribution >= 4 is 17.4 Å². The molecule has 0 N–H and O–H groups in total. The van der Waals surface area contributed by atoms with Gasteiger partial charge in [0, 0.05) is 31.0 Å². The molecule has 3 aromatic rings. The van der Waals surface area contributed by atoms with E-state index in [0.717, 1.165) is 6.20 Å². The van der Waals surface area contributed by atoms with Crippen LogP contribution in [0.3, 0.4) is 0 Å². The maximum atomic E-state index is 14.8. The standard InChI is InChI=1S/C28H20ClF10NO2/c1-25(33,34)22(27(35,36)37)12-20(41)14-26(13-16-5-3-2-4-6-16,23-8-7-18(29)15-40-23)17-9-19(30)11-21(10-17)42-28(38,39)24(31)32/h2-12,15,24H,13-14H2,1H3/b22-12-/t26-/m0/s1. The molecule has 14 heteroatoms. The molecule has 0 amide bonds. The molecule has 2 aromatic carbocycles. The summed E-state index contributed by atoms with van der Waals surface area (Å²) in [6, 6.07) is 11.9. The molecule has 0 saturated carbocycles. The van der Waals surface area contributed by atoms with Gasteiger partial charge in [0.15, 0.2) is 5.78 Å². The Kier molecular flexibility index (Phi) is 9.65. The predicted molar refractivity (Wildman–Crippen MR) is 133 cm³/mol. The third-order valence-corrected chi connectivity index (χ3v) is 6.28. The fraction of sp³-hybridized carbons (Fsp3) is 0.286. The van der Waals surface area contributed by atoms with Gasteiger partial charge in [-0.3, -0.25) is 9.78 Å². The summed E-state index contributed by atoms with van der Waals surface area (Å²) in [5.74, 6) is -8.42. The number of aromatic nitrogens is 1. The minimum Gasteiger partial charge on any atom is -0.428 e. The Bertz CT molecular complexity index is 1410. The minimum atomic E-state index is -5.62. The zero-order valence-corrected chi connectivity index (χ0v) is 22.1. The lowest BCUT2D eigenvalue weighted by Crippen LogP contribution is -2.36. The normalized spacial score (nSPS) is 14.5.